The summed E-state index contributed by atoms with van der Waals surface area (Å²) in [6.07, 6.45) is 0.175. The number of rotatable bonds is 3. The highest BCUT2D eigenvalue weighted by molar-refractivity contribution is 5.68. The van der Waals surface area contributed by atoms with Crippen LogP contribution < -0.4 is 10.2 Å². The van der Waals surface area contributed by atoms with Gasteiger partial charge in [-0.1, -0.05) is 17.7 Å². The zero-order valence-electron chi connectivity index (χ0n) is 11.8. The van der Waals surface area contributed by atoms with Crippen molar-refractivity contribution in [1.29, 1.82) is 0 Å². The van der Waals surface area contributed by atoms with E-state index in [4.69, 9.17) is 5.11 Å². The molecule has 1 aliphatic heterocycles. The standard InChI is InChI=1S/C15H22N2O2/c1-10-4-5-14(11(2)6-10)17-9-13(7-15(18)19)16-8-12(17)3/h4-6,12-13,16H,7-9H2,1-3H3,(H,18,19). The minimum absolute atomic E-state index is 0.0226. The molecule has 104 valence electrons. The van der Waals surface area contributed by atoms with Gasteiger partial charge in [-0.25, -0.2) is 0 Å². The van der Waals surface area contributed by atoms with Gasteiger partial charge < -0.3 is 15.3 Å². The van der Waals surface area contributed by atoms with Gasteiger partial charge >= 0.3 is 5.97 Å². The van der Waals surface area contributed by atoms with Gasteiger partial charge in [-0.15, -0.1) is 0 Å². The molecule has 2 atom stereocenters. The molecule has 2 N–H and O–H groups in total. The molecule has 4 heteroatoms. The van der Waals surface area contributed by atoms with Crippen LogP contribution in [0.4, 0.5) is 5.69 Å². The Morgan fingerprint density at radius 2 is 2.21 bits per heavy atom. The van der Waals surface area contributed by atoms with Crippen molar-refractivity contribution in [2.24, 2.45) is 0 Å². The number of carbonyl (C=O) groups is 1. The summed E-state index contributed by atoms with van der Waals surface area (Å²) in [5.41, 5.74) is 3.73. The molecule has 1 aromatic rings. The number of nitrogens with zero attached hydrogens (tertiary/aromatic N) is 1. The summed E-state index contributed by atoms with van der Waals surface area (Å²) < 4.78 is 0. The van der Waals surface area contributed by atoms with Gasteiger partial charge in [0.2, 0.25) is 0 Å². The lowest BCUT2D eigenvalue weighted by atomic mass is 10.0. The van der Waals surface area contributed by atoms with E-state index in [1.807, 2.05) is 0 Å². The van der Waals surface area contributed by atoms with Crippen molar-refractivity contribution in [3.8, 4) is 0 Å². The molecule has 0 spiro atoms. The van der Waals surface area contributed by atoms with E-state index in [0.717, 1.165) is 13.1 Å². The summed E-state index contributed by atoms with van der Waals surface area (Å²) in [5, 5.41) is 12.2. The SMILES string of the molecule is Cc1ccc(N2CC(CC(=O)O)NCC2C)c(C)c1. The molecule has 0 saturated carbocycles. The molecule has 1 saturated heterocycles. The Balaban J connectivity index is 2.18. The fourth-order valence-electron chi connectivity index (χ4n) is 2.74. The van der Waals surface area contributed by atoms with Crippen LogP contribution in [0.25, 0.3) is 0 Å². The van der Waals surface area contributed by atoms with Gasteiger partial charge in [0.1, 0.15) is 0 Å². The number of hydrogen-bond acceptors (Lipinski definition) is 3. The van der Waals surface area contributed by atoms with Gasteiger partial charge in [0, 0.05) is 30.9 Å². The normalized spacial score (nSPS) is 23.4. The highest BCUT2D eigenvalue weighted by atomic mass is 16.4. The number of carboxylic acids is 1. The van der Waals surface area contributed by atoms with Crippen LogP contribution in [0.1, 0.15) is 24.5 Å². The second-order valence-electron chi connectivity index (χ2n) is 5.49. The summed E-state index contributed by atoms with van der Waals surface area (Å²) in [7, 11) is 0. The molecule has 0 aliphatic carbocycles. The van der Waals surface area contributed by atoms with Crippen LogP contribution in [-0.4, -0.2) is 36.2 Å². The molecule has 1 fully saturated rings. The van der Waals surface area contributed by atoms with Gasteiger partial charge in [0.15, 0.2) is 0 Å². The predicted octanol–water partition coefficient (Wildman–Crippen LogP) is 1.94. The lowest BCUT2D eigenvalue weighted by molar-refractivity contribution is -0.137. The zero-order chi connectivity index (χ0) is 14.0. The molecule has 0 aromatic heterocycles. The highest BCUT2D eigenvalue weighted by Gasteiger charge is 2.27. The third-order valence-electron chi connectivity index (χ3n) is 3.73. The molecule has 1 aliphatic rings. The van der Waals surface area contributed by atoms with Crippen LogP contribution in [0.5, 0.6) is 0 Å². The topological polar surface area (TPSA) is 52.6 Å². The average molecular weight is 262 g/mol. The van der Waals surface area contributed by atoms with Crippen LogP contribution in [-0.2, 0) is 4.79 Å². The number of hydrogen-bond donors (Lipinski definition) is 2. The Morgan fingerprint density at radius 1 is 1.47 bits per heavy atom. The Labute approximate surface area is 114 Å². The lowest BCUT2D eigenvalue weighted by Gasteiger charge is -2.40. The third-order valence-corrected chi connectivity index (χ3v) is 3.73. The Bertz CT molecular complexity index is 473. The number of nitrogens with one attached hydrogen (secondary N) is 1. The number of aliphatic carboxylic acids is 1. The van der Waals surface area contributed by atoms with Crippen molar-refractivity contribution in [3.05, 3.63) is 29.3 Å². The fraction of sp³-hybridized carbons (Fsp3) is 0.533. The minimum atomic E-state index is -0.743. The van der Waals surface area contributed by atoms with Crippen LogP contribution in [0.2, 0.25) is 0 Å². The summed E-state index contributed by atoms with van der Waals surface area (Å²) >= 11 is 0. The molecule has 0 bridgehead atoms. The summed E-state index contributed by atoms with van der Waals surface area (Å²) in [5.74, 6) is -0.743. The van der Waals surface area contributed by atoms with Gasteiger partial charge in [-0.2, -0.15) is 0 Å². The summed E-state index contributed by atoms with van der Waals surface area (Å²) in [6, 6.07) is 6.84. The van der Waals surface area contributed by atoms with E-state index in [9.17, 15) is 4.79 Å². The molecule has 0 amide bonds. The number of anilines is 1. The maximum Gasteiger partial charge on any atom is 0.304 e. The van der Waals surface area contributed by atoms with E-state index in [0.29, 0.717) is 6.04 Å². The van der Waals surface area contributed by atoms with Crippen molar-refractivity contribution in [2.45, 2.75) is 39.3 Å². The van der Waals surface area contributed by atoms with Crippen molar-refractivity contribution >= 4 is 11.7 Å². The highest BCUT2D eigenvalue weighted by Crippen LogP contribution is 2.25. The first-order valence-corrected chi connectivity index (χ1v) is 6.76. The smallest absolute Gasteiger partial charge is 0.304 e. The largest absolute Gasteiger partial charge is 0.481 e. The monoisotopic (exact) mass is 262 g/mol. The molecule has 1 aromatic carbocycles. The molecular formula is C15H22N2O2. The molecular weight excluding hydrogens is 240 g/mol. The van der Waals surface area contributed by atoms with Crippen molar-refractivity contribution < 1.29 is 9.90 Å². The maximum atomic E-state index is 10.8. The second-order valence-corrected chi connectivity index (χ2v) is 5.49. The molecule has 2 rings (SSSR count). The number of aryl methyl sites for hydroxylation is 2. The van der Waals surface area contributed by atoms with Crippen molar-refractivity contribution in [2.75, 3.05) is 18.0 Å². The number of benzene rings is 1. The van der Waals surface area contributed by atoms with Crippen LogP contribution >= 0.6 is 0 Å². The zero-order valence-corrected chi connectivity index (χ0v) is 11.8. The van der Waals surface area contributed by atoms with Crippen LogP contribution in [0.3, 0.4) is 0 Å². The van der Waals surface area contributed by atoms with Gasteiger partial charge in [-0.05, 0) is 32.4 Å². The molecule has 19 heavy (non-hydrogen) atoms. The van der Waals surface area contributed by atoms with E-state index < -0.39 is 5.97 Å². The Morgan fingerprint density at radius 3 is 2.84 bits per heavy atom. The van der Waals surface area contributed by atoms with E-state index >= 15 is 0 Å². The summed E-state index contributed by atoms with van der Waals surface area (Å²) in [6.45, 7) is 7.94. The molecule has 2 unspecified atom stereocenters. The van der Waals surface area contributed by atoms with Crippen LogP contribution in [0.15, 0.2) is 18.2 Å². The quantitative estimate of drug-likeness (QED) is 0.874. The first-order valence-electron chi connectivity index (χ1n) is 6.76. The van der Waals surface area contributed by atoms with E-state index in [2.05, 4.69) is 49.2 Å². The van der Waals surface area contributed by atoms with Gasteiger partial charge in [0.05, 0.1) is 6.42 Å². The second kappa shape index (κ2) is 5.61. The van der Waals surface area contributed by atoms with E-state index in [1.54, 1.807) is 0 Å². The molecule has 4 nitrogen and oxygen atoms in total. The van der Waals surface area contributed by atoms with E-state index in [1.165, 1.54) is 16.8 Å². The predicted molar refractivity (Wildman–Crippen MR) is 76.8 cm³/mol. The minimum Gasteiger partial charge on any atom is -0.481 e. The van der Waals surface area contributed by atoms with Gasteiger partial charge in [0.25, 0.3) is 0 Å². The summed E-state index contributed by atoms with van der Waals surface area (Å²) in [4.78, 5) is 13.2. The fourth-order valence-corrected chi connectivity index (χ4v) is 2.74. The molecule has 0 radical (unpaired) electrons. The first-order chi connectivity index (χ1) is 8.97. The number of piperazine rings is 1. The number of carboxylic acid groups (broad SMARTS) is 1. The Hall–Kier alpha value is -1.55. The Kier molecular flexibility index (Phi) is 4.10. The third kappa shape index (κ3) is 3.26. The first kappa shape index (κ1) is 13.9. The maximum absolute atomic E-state index is 10.8. The molecule has 1 heterocycles. The average Bonchev–Trinajstić information content (AvgIpc) is 2.31. The van der Waals surface area contributed by atoms with E-state index in [-0.39, 0.29) is 12.5 Å². The van der Waals surface area contributed by atoms with Crippen molar-refractivity contribution in [1.82, 2.24) is 5.32 Å². The van der Waals surface area contributed by atoms with Crippen molar-refractivity contribution in [3.63, 3.8) is 0 Å². The van der Waals surface area contributed by atoms with Crippen LogP contribution in [0, 0.1) is 13.8 Å². The lowest BCUT2D eigenvalue weighted by Crippen LogP contribution is -2.56. The van der Waals surface area contributed by atoms with Gasteiger partial charge in [-0.3, -0.25) is 4.79 Å².